The van der Waals surface area contributed by atoms with Crippen LogP contribution in [0.4, 0.5) is 5.82 Å². The Morgan fingerprint density at radius 2 is 1.84 bits per heavy atom. The Hall–Kier alpha value is -2.10. The number of hydrogen-bond donors (Lipinski definition) is 6. The summed E-state index contributed by atoms with van der Waals surface area (Å²) >= 11 is 0. The van der Waals surface area contributed by atoms with Crippen molar-refractivity contribution in [2.75, 3.05) is 12.0 Å². The zero-order valence-corrected chi connectivity index (χ0v) is 14.0. The van der Waals surface area contributed by atoms with Gasteiger partial charge in [0.1, 0.15) is 30.2 Å². The minimum Gasteiger partial charge on any atom is -0.394 e. The summed E-state index contributed by atoms with van der Waals surface area (Å²) < 4.78 is 0. The molecule has 4 atom stereocenters. The van der Waals surface area contributed by atoms with Crippen LogP contribution in [0.15, 0.2) is 29.4 Å². The highest BCUT2D eigenvalue weighted by atomic mass is 16.4. The molecular formula is C17H23N3O5. The first-order chi connectivity index (χ1) is 11.8. The van der Waals surface area contributed by atoms with Gasteiger partial charge in [-0.2, -0.15) is 5.10 Å². The predicted molar refractivity (Wildman–Crippen MR) is 94.4 cm³/mol. The van der Waals surface area contributed by atoms with E-state index in [-0.39, 0.29) is 0 Å². The molecule has 0 saturated carbocycles. The number of benzene rings is 1. The SMILES string of the molecule is Cc1ccc2c(C)cc(N/N=C/[C@H](O)[C@@H](O)[C@H](O)[C@H](O)CO)nc2c1. The van der Waals surface area contributed by atoms with Crippen LogP contribution in [-0.4, -0.2) is 67.8 Å². The predicted octanol–water partition coefficient (Wildman–Crippen LogP) is -0.315. The summed E-state index contributed by atoms with van der Waals surface area (Å²) in [6.45, 7) is 3.18. The number of pyridine rings is 1. The van der Waals surface area contributed by atoms with Gasteiger partial charge in [-0.05, 0) is 37.1 Å². The summed E-state index contributed by atoms with van der Waals surface area (Å²) in [5, 5.41) is 51.8. The van der Waals surface area contributed by atoms with Crippen molar-refractivity contribution in [2.24, 2.45) is 5.10 Å². The van der Waals surface area contributed by atoms with E-state index < -0.39 is 31.0 Å². The van der Waals surface area contributed by atoms with E-state index in [2.05, 4.69) is 15.5 Å². The molecule has 0 aliphatic rings. The van der Waals surface area contributed by atoms with Crippen LogP contribution < -0.4 is 5.43 Å². The zero-order valence-electron chi connectivity index (χ0n) is 14.0. The van der Waals surface area contributed by atoms with E-state index in [1.54, 1.807) is 6.07 Å². The molecule has 6 N–H and O–H groups in total. The van der Waals surface area contributed by atoms with Crippen molar-refractivity contribution < 1.29 is 25.5 Å². The van der Waals surface area contributed by atoms with Crippen LogP contribution in [0.3, 0.4) is 0 Å². The van der Waals surface area contributed by atoms with E-state index in [1.165, 1.54) is 0 Å². The number of nitrogens with one attached hydrogen (secondary N) is 1. The van der Waals surface area contributed by atoms with Crippen LogP contribution in [0.2, 0.25) is 0 Å². The Kier molecular flexibility index (Phi) is 6.40. The summed E-state index contributed by atoms with van der Waals surface area (Å²) in [4.78, 5) is 4.42. The van der Waals surface area contributed by atoms with Crippen molar-refractivity contribution in [3.63, 3.8) is 0 Å². The molecule has 0 spiro atoms. The number of aromatic nitrogens is 1. The first kappa shape index (κ1) is 19.2. The summed E-state index contributed by atoms with van der Waals surface area (Å²) in [7, 11) is 0. The molecule has 1 heterocycles. The summed E-state index contributed by atoms with van der Waals surface area (Å²) in [5.74, 6) is 0.462. The molecule has 8 heteroatoms. The highest BCUT2D eigenvalue weighted by Crippen LogP contribution is 2.21. The molecule has 0 saturated heterocycles. The topological polar surface area (TPSA) is 138 Å². The van der Waals surface area contributed by atoms with Gasteiger partial charge in [-0.15, -0.1) is 0 Å². The maximum Gasteiger partial charge on any atom is 0.147 e. The normalized spacial score (nSPS) is 16.8. The van der Waals surface area contributed by atoms with Gasteiger partial charge in [0.05, 0.1) is 18.3 Å². The standard InChI is InChI=1S/C17H23N3O5/c1-9-3-4-11-10(2)6-15(19-12(11)5-9)20-18-7-13(22)16(24)17(25)14(23)8-21/h3-7,13-14,16-17,21-25H,8H2,1-2H3,(H,19,20)/b18-7+/t13-,14+,16+,17+/m0/s1. The lowest BCUT2D eigenvalue weighted by molar-refractivity contribution is -0.0999. The molecule has 0 amide bonds. The van der Waals surface area contributed by atoms with Crippen LogP contribution in [-0.2, 0) is 0 Å². The summed E-state index contributed by atoms with van der Waals surface area (Å²) in [6, 6.07) is 7.74. The Balaban J connectivity index is 2.07. The molecule has 0 radical (unpaired) electrons. The molecule has 0 aliphatic heterocycles. The van der Waals surface area contributed by atoms with Crippen LogP contribution in [0, 0.1) is 13.8 Å². The first-order valence-electron chi connectivity index (χ1n) is 7.84. The fourth-order valence-electron chi connectivity index (χ4n) is 2.38. The fraction of sp³-hybridized carbons (Fsp3) is 0.412. The van der Waals surface area contributed by atoms with Crippen molar-refractivity contribution in [1.82, 2.24) is 4.98 Å². The quantitative estimate of drug-likeness (QED) is 0.298. The van der Waals surface area contributed by atoms with Crippen LogP contribution >= 0.6 is 0 Å². The molecule has 1 aromatic carbocycles. The number of fused-ring (bicyclic) bond motifs is 1. The lowest BCUT2D eigenvalue weighted by Gasteiger charge is -2.23. The van der Waals surface area contributed by atoms with E-state index in [1.807, 2.05) is 32.0 Å². The number of rotatable bonds is 7. The van der Waals surface area contributed by atoms with E-state index >= 15 is 0 Å². The molecule has 0 aliphatic carbocycles. The number of hydrogen-bond acceptors (Lipinski definition) is 8. The minimum absolute atomic E-state index is 0.462. The largest absolute Gasteiger partial charge is 0.394 e. The highest BCUT2D eigenvalue weighted by molar-refractivity contribution is 5.84. The summed E-state index contributed by atoms with van der Waals surface area (Å²) in [5.41, 5.74) is 5.55. The van der Waals surface area contributed by atoms with Gasteiger partial charge in [0.2, 0.25) is 0 Å². The number of nitrogens with zero attached hydrogens (tertiary/aromatic N) is 2. The maximum absolute atomic E-state index is 9.76. The van der Waals surface area contributed by atoms with Crippen molar-refractivity contribution >= 4 is 22.9 Å². The number of aryl methyl sites for hydroxylation is 2. The van der Waals surface area contributed by atoms with Crippen molar-refractivity contribution in [2.45, 2.75) is 38.3 Å². The molecule has 0 unspecified atom stereocenters. The van der Waals surface area contributed by atoms with Gasteiger partial charge in [0.15, 0.2) is 0 Å². The molecule has 2 rings (SSSR count). The number of hydrazone groups is 1. The zero-order chi connectivity index (χ0) is 18.6. The molecule has 0 bridgehead atoms. The van der Waals surface area contributed by atoms with E-state index in [0.717, 1.165) is 28.2 Å². The van der Waals surface area contributed by atoms with Gasteiger partial charge < -0.3 is 25.5 Å². The van der Waals surface area contributed by atoms with Gasteiger partial charge in [-0.1, -0.05) is 12.1 Å². The number of aliphatic hydroxyl groups is 5. The summed E-state index contributed by atoms with van der Waals surface area (Å²) in [6.07, 6.45) is -5.50. The lowest BCUT2D eigenvalue weighted by Crippen LogP contribution is -2.46. The minimum atomic E-state index is -1.70. The molecule has 136 valence electrons. The molecule has 1 aromatic heterocycles. The number of aliphatic hydroxyl groups excluding tert-OH is 5. The third-order valence-corrected chi connectivity index (χ3v) is 3.86. The molecular weight excluding hydrogens is 326 g/mol. The van der Waals surface area contributed by atoms with Gasteiger partial charge in [-0.25, -0.2) is 4.98 Å². The number of anilines is 1. The fourth-order valence-corrected chi connectivity index (χ4v) is 2.38. The Morgan fingerprint density at radius 3 is 2.52 bits per heavy atom. The van der Waals surface area contributed by atoms with Gasteiger partial charge in [0.25, 0.3) is 0 Å². The van der Waals surface area contributed by atoms with Crippen molar-refractivity contribution in [1.29, 1.82) is 0 Å². The average molecular weight is 349 g/mol. The second kappa shape index (κ2) is 8.32. The Labute approximate surface area is 145 Å². The van der Waals surface area contributed by atoms with E-state index in [9.17, 15) is 20.4 Å². The van der Waals surface area contributed by atoms with E-state index in [0.29, 0.717) is 5.82 Å². The maximum atomic E-state index is 9.76. The molecule has 25 heavy (non-hydrogen) atoms. The first-order valence-corrected chi connectivity index (χ1v) is 7.84. The third-order valence-electron chi connectivity index (χ3n) is 3.86. The Bertz CT molecular complexity index is 752. The molecule has 0 fully saturated rings. The van der Waals surface area contributed by atoms with Crippen molar-refractivity contribution in [3.8, 4) is 0 Å². The Morgan fingerprint density at radius 1 is 1.12 bits per heavy atom. The molecule has 8 nitrogen and oxygen atoms in total. The van der Waals surface area contributed by atoms with Crippen molar-refractivity contribution in [3.05, 3.63) is 35.4 Å². The average Bonchev–Trinajstić information content (AvgIpc) is 2.59. The second-order valence-corrected chi connectivity index (χ2v) is 5.96. The van der Waals surface area contributed by atoms with Crippen LogP contribution in [0.25, 0.3) is 10.9 Å². The van der Waals surface area contributed by atoms with Gasteiger partial charge >= 0.3 is 0 Å². The lowest BCUT2D eigenvalue weighted by atomic mass is 10.0. The van der Waals surface area contributed by atoms with Crippen LogP contribution in [0.5, 0.6) is 0 Å². The van der Waals surface area contributed by atoms with Gasteiger partial charge in [-0.3, -0.25) is 5.43 Å². The van der Waals surface area contributed by atoms with E-state index in [4.69, 9.17) is 5.11 Å². The van der Waals surface area contributed by atoms with Crippen LogP contribution in [0.1, 0.15) is 11.1 Å². The van der Waals surface area contributed by atoms with Gasteiger partial charge in [0, 0.05) is 5.39 Å². The molecule has 2 aromatic rings. The monoisotopic (exact) mass is 349 g/mol. The highest BCUT2D eigenvalue weighted by Gasteiger charge is 2.29. The third kappa shape index (κ3) is 4.71. The smallest absolute Gasteiger partial charge is 0.147 e. The second-order valence-electron chi connectivity index (χ2n) is 5.96.